The van der Waals surface area contributed by atoms with Crippen molar-refractivity contribution in [3.63, 3.8) is 0 Å². The molecular formula is C15H25N3O2S. The first kappa shape index (κ1) is 16.2. The lowest BCUT2D eigenvalue weighted by Gasteiger charge is -2.16. The van der Waals surface area contributed by atoms with Gasteiger partial charge in [-0.3, -0.25) is 5.32 Å². The maximum Gasteiger partial charge on any atom is 0.323 e. The van der Waals surface area contributed by atoms with Crippen molar-refractivity contribution < 1.29 is 9.53 Å². The first-order valence-electron chi connectivity index (χ1n) is 7.73. The average Bonchev–Trinajstić information content (AvgIpc) is 3.13. The lowest BCUT2D eigenvalue weighted by Crippen LogP contribution is -2.33. The van der Waals surface area contributed by atoms with Crippen LogP contribution in [0, 0.1) is 5.92 Å². The van der Waals surface area contributed by atoms with Gasteiger partial charge in [0, 0.05) is 31.0 Å². The van der Waals surface area contributed by atoms with E-state index in [0.717, 1.165) is 44.8 Å². The molecule has 0 unspecified atom stereocenters. The van der Waals surface area contributed by atoms with E-state index >= 15 is 0 Å². The fourth-order valence-electron chi connectivity index (χ4n) is 2.39. The van der Waals surface area contributed by atoms with Crippen LogP contribution < -0.4 is 5.32 Å². The Morgan fingerprint density at radius 2 is 2.43 bits per heavy atom. The van der Waals surface area contributed by atoms with E-state index in [9.17, 15) is 4.79 Å². The summed E-state index contributed by atoms with van der Waals surface area (Å²) in [5.74, 6) is 0.900. The molecule has 1 aliphatic heterocycles. The van der Waals surface area contributed by atoms with E-state index < -0.39 is 0 Å². The molecular weight excluding hydrogens is 286 g/mol. The van der Waals surface area contributed by atoms with Crippen LogP contribution in [0.1, 0.15) is 45.2 Å². The Bertz CT molecular complexity index is 464. The quantitative estimate of drug-likeness (QED) is 0.874. The second-order valence-electron chi connectivity index (χ2n) is 5.58. The number of thiazole rings is 1. The minimum Gasteiger partial charge on any atom is -0.381 e. The van der Waals surface area contributed by atoms with Crippen molar-refractivity contribution in [2.75, 3.05) is 31.6 Å². The fraction of sp³-hybridized carbons (Fsp3) is 0.733. The largest absolute Gasteiger partial charge is 0.381 e. The number of nitrogens with zero attached hydrogens (tertiary/aromatic N) is 2. The molecule has 0 bridgehead atoms. The molecule has 2 atom stereocenters. The number of aromatic nitrogens is 1. The third-order valence-corrected chi connectivity index (χ3v) is 4.76. The maximum absolute atomic E-state index is 12.2. The highest BCUT2D eigenvalue weighted by atomic mass is 32.1. The van der Waals surface area contributed by atoms with Crippen LogP contribution in [-0.4, -0.2) is 42.2 Å². The van der Waals surface area contributed by atoms with Gasteiger partial charge in [0.05, 0.1) is 12.3 Å². The lowest BCUT2D eigenvalue weighted by atomic mass is 10.1. The van der Waals surface area contributed by atoms with E-state index in [2.05, 4.69) is 24.1 Å². The Morgan fingerprint density at radius 3 is 3.14 bits per heavy atom. The number of carbonyl (C=O) groups is 1. The van der Waals surface area contributed by atoms with Gasteiger partial charge in [-0.05, 0) is 25.7 Å². The zero-order chi connectivity index (χ0) is 15.2. The van der Waals surface area contributed by atoms with Crippen LogP contribution in [0.15, 0.2) is 5.38 Å². The second-order valence-corrected chi connectivity index (χ2v) is 6.44. The highest BCUT2D eigenvalue weighted by Crippen LogP contribution is 2.25. The summed E-state index contributed by atoms with van der Waals surface area (Å²) in [6.45, 7) is 9.35. The molecule has 1 fully saturated rings. The summed E-state index contributed by atoms with van der Waals surface area (Å²) < 4.78 is 5.44. The number of carbonyl (C=O) groups excluding carboxylic acids is 1. The molecule has 1 N–H and O–H groups in total. The first-order chi connectivity index (χ1) is 10.1. The van der Waals surface area contributed by atoms with Gasteiger partial charge < -0.3 is 9.64 Å². The zero-order valence-electron chi connectivity index (χ0n) is 13.1. The van der Waals surface area contributed by atoms with Crippen molar-refractivity contribution in [2.45, 2.75) is 39.5 Å². The number of urea groups is 1. The Balaban J connectivity index is 1.83. The molecule has 1 aromatic heterocycles. The van der Waals surface area contributed by atoms with Crippen LogP contribution in [0.25, 0.3) is 0 Å². The monoisotopic (exact) mass is 311 g/mol. The van der Waals surface area contributed by atoms with Gasteiger partial charge >= 0.3 is 6.03 Å². The minimum absolute atomic E-state index is 0.0425. The van der Waals surface area contributed by atoms with Crippen molar-refractivity contribution in [3.05, 3.63) is 11.1 Å². The number of rotatable bonds is 6. The minimum atomic E-state index is -0.0425. The molecule has 0 spiro atoms. The van der Waals surface area contributed by atoms with Gasteiger partial charge in [-0.1, -0.05) is 13.8 Å². The zero-order valence-corrected chi connectivity index (χ0v) is 13.9. The topological polar surface area (TPSA) is 54.5 Å². The third-order valence-electron chi connectivity index (χ3n) is 3.98. The van der Waals surface area contributed by atoms with Crippen LogP contribution >= 0.6 is 11.3 Å². The van der Waals surface area contributed by atoms with Crippen molar-refractivity contribution >= 4 is 22.5 Å². The van der Waals surface area contributed by atoms with Crippen molar-refractivity contribution in [2.24, 2.45) is 5.92 Å². The summed E-state index contributed by atoms with van der Waals surface area (Å²) in [4.78, 5) is 18.6. The predicted molar refractivity (Wildman–Crippen MR) is 86.0 cm³/mol. The van der Waals surface area contributed by atoms with E-state index in [-0.39, 0.29) is 6.03 Å². The molecule has 2 rings (SSSR count). The molecule has 118 valence electrons. The van der Waals surface area contributed by atoms with Crippen molar-refractivity contribution in [1.29, 1.82) is 0 Å². The summed E-state index contributed by atoms with van der Waals surface area (Å²) >= 11 is 1.50. The average molecular weight is 311 g/mol. The van der Waals surface area contributed by atoms with Crippen LogP contribution in [0.2, 0.25) is 0 Å². The molecule has 1 aliphatic rings. The van der Waals surface area contributed by atoms with Crippen LogP contribution in [0.3, 0.4) is 0 Å². The van der Waals surface area contributed by atoms with Gasteiger partial charge in [-0.2, -0.15) is 0 Å². The van der Waals surface area contributed by atoms with E-state index in [1.54, 1.807) is 0 Å². The molecule has 6 heteroatoms. The van der Waals surface area contributed by atoms with Crippen molar-refractivity contribution in [1.82, 2.24) is 9.88 Å². The molecule has 0 saturated carbocycles. The van der Waals surface area contributed by atoms with Gasteiger partial charge in [-0.25, -0.2) is 9.78 Å². The molecule has 5 nitrogen and oxygen atoms in total. The van der Waals surface area contributed by atoms with Crippen LogP contribution in [-0.2, 0) is 4.74 Å². The number of amides is 2. The van der Waals surface area contributed by atoms with Crippen LogP contribution in [0.5, 0.6) is 0 Å². The smallest absolute Gasteiger partial charge is 0.323 e. The first-order valence-corrected chi connectivity index (χ1v) is 8.61. The summed E-state index contributed by atoms with van der Waals surface area (Å²) in [7, 11) is 0. The van der Waals surface area contributed by atoms with Crippen molar-refractivity contribution in [3.8, 4) is 0 Å². The number of nitrogens with one attached hydrogen (secondary N) is 1. The summed E-state index contributed by atoms with van der Waals surface area (Å²) in [5.41, 5.74) is 1.06. The van der Waals surface area contributed by atoms with E-state index in [1.807, 2.05) is 17.2 Å². The second kappa shape index (κ2) is 7.75. The number of anilines is 1. The Labute approximate surface area is 130 Å². The van der Waals surface area contributed by atoms with Gasteiger partial charge in [0.2, 0.25) is 0 Å². The van der Waals surface area contributed by atoms with E-state index in [1.165, 1.54) is 11.3 Å². The predicted octanol–water partition coefficient (Wildman–Crippen LogP) is 3.55. The normalized spacial score (nSPS) is 19.8. The number of likely N-dealkylation sites (tertiary alicyclic amines) is 1. The maximum atomic E-state index is 12.2. The van der Waals surface area contributed by atoms with Gasteiger partial charge in [0.15, 0.2) is 5.13 Å². The van der Waals surface area contributed by atoms with Gasteiger partial charge in [0.1, 0.15) is 0 Å². The van der Waals surface area contributed by atoms with Gasteiger partial charge in [-0.15, -0.1) is 11.3 Å². The Kier molecular flexibility index (Phi) is 5.99. The Hall–Kier alpha value is -1.14. The number of hydrogen-bond donors (Lipinski definition) is 1. The number of ether oxygens (including phenoxy) is 1. The SMILES string of the molecule is CCOC[C@H]1CCN(C(=O)Nc2nc([C@@H](C)CC)cs2)C1. The van der Waals surface area contributed by atoms with E-state index in [0.29, 0.717) is 17.0 Å². The summed E-state index contributed by atoms with van der Waals surface area (Å²) in [6, 6.07) is -0.0425. The Morgan fingerprint density at radius 1 is 1.62 bits per heavy atom. The lowest BCUT2D eigenvalue weighted by molar-refractivity contribution is 0.113. The molecule has 0 aromatic carbocycles. The standard InChI is InChI=1S/C15H25N3O2S/c1-4-11(3)13-10-21-14(16-13)17-15(19)18-7-6-12(8-18)9-20-5-2/h10-12H,4-9H2,1-3H3,(H,16,17,19)/t11-,12-/m0/s1. The summed E-state index contributed by atoms with van der Waals surface area (Å²) in [5, 5.41) is 5.64. The van der Waals surface area contributed by atoms with Gasteiger partial charge in [0.25, 0.3) is 0 Å². The fourth-order valence-corrected chi connectivity index (χ4v) is 3.21. The molecule has 1 aromatic rings. The van der Waals surface area contributed by atoms with Crippen LogP contribution in [0.4, 0.5) is 9.93 Å². The highest BCUT2D eigenvalue weighted by Gasteiger charge is 2.26. The molecule has 2 amide bonds. The highest BCUT2D eigenvalue weighted by molar-refractivity contribution is 7.13. The third kappa shape index (κ3) is 4.41. The molecule has 21 heavy (non-hydrogen) atoms. The summed E-state index contributed by atoms with van der Waals surface area (Å²) in [6.07, 6.45) is 2.08. The molecule has 1 saturated heterocycles. The molecule has 2 heterocycles. The molecule has 0 radical (unpaired) electrons. The number of hydrogen-bond acceptors (Lipinski definition) is 4. The molecule has 0 aliphatic carbocycles. The van der Waals surface area contributed by atoms with E-state index in [4.69, 9.17) is 4.74 Å².